The molecule has 8 heteroatoms. The van der Waals surface area contributed by atoms with Crippen LogP contribution in [0.25, 0.3) is 10.2 Å². The van der Waals surface area contributed by atoms with Crippen LogP contribution >= 0.6 is 11.3 Å². The largest absolute Gasteiger partial charge is 0.463 e. The van der Waals surface area contributed by atoms with E-state index in [0.29, 0.717) is 29.8 Å². The number of aromatic amines is 1. The Morgan fingerprint density at radius 3 is 3.04 bits per heavy atom. The first-order valence-corrected chi connectivity index (χ1v) is 10.6. The molecule has 3 atom stereocenters. The molecule has 3 aromatic rings. The molecule has 1 unspecified atom stereocenters. The first-order valence-electron chi connectivity index (χ1n) is 9.70. The van der Waals surface area contributed by atoms with Crippen molar-refractivity contribution in [2.24, 2.45) is 23.2 Å². The molecule has 0 amide bonds. The van der Waals surface area contributed by atoms with E-state index in [4.69, 9.17) is 4.74 Å². The molecule has 0 spiro atoms. The number of ether oxygens (including phenoxy) is 1. The average molecular weight is 398 g/mol. The van der Waals surface area contributed by atoms with Crippen LogP contribution in [0, 0.1) is 23.2 Å². The van der Waals surface area contributed by atoms with Crippen molar-refractivity contribution in [1.29, 1.82) is 0 Å². The number of hydrogen-bond donors (Lipinski definition) is 2. The summed E-state index contributed by atoms with van der Waals surface area (Å²) in [5, 5.41) is 3.13. The van der Waals surface area contributed by atoms with E-state index in [1.54, 1.807) is 11.3 Å². The lowest BCUT2D eigenvalue weighted by Gasteiger charge is -2.60. The summed E-state index contributed by atoms with van der Waals surface area (Å²) >= 11 is 1.57. The minimum absolute atomic E-state index is 0.129. The second-order valence-corrected chi connectivity index (χ2v) is 9.34. The lowest BCUT2D eigenvalue weighted by molar-refractivity contribution is -0.114. The van der Waals surface area contributed by atoms with Crippen LogP contribution in [0.5, 0.6) is 6.01 Å². The Kier molecular flexibility index (Phi) is 4.12. The Hall–Kier alpha value is -2.48. The third kappa shape index (κ3) is 3.05. The van der Waals surface area contributed by atoms with Crippen LogP contribution in [-0.4, -0.2) is 26.5 Å². The maximum Gasteiger partial charge on any atom is 0.352 e. The van der Waals surface area contributed by atoms with E-state index in [2.05, 4.69) is 39.1 Å². The Labute approximate surface area is 166 Å². The van der Waals surface area contributed by atoms with Crippen molar-refractivity contribution < 1.29 is 4.74 Å². The summed E-state index contributed by atoms with van der Waals surface area (Å²) in [4.78, 5) is 27.1. The Morgan fingerprint density at radius 1 is 1.32 bits per heavy atom. The Bertz CT molecular complexity index is 1070. The minimum atomic E-state index is -0.473. The van der Waals surface area contributed by atoms with Crippen LogP contribution in [0.1, 0.15) is 33.1 Å². The minimum Gasteiger partial charge on any atom is -0.463 e. The number of nitrogens with one attached hydrogen (secondary N) is 2. The van der Waals surface area contributed by atoms with Crippen molar-refractivity contribution in [2.75, 3.05) is 11.9 Å². The fourth-order valence-corrected chi connectivity index (χ4v) is 5.62. The molecule has 0 radical (unpaired) electrons. The molecule has 2 heterocycles. The normalized spacial score (nSPS) is 25.3. The van der Waals surface area contributed by atoms with Gasteiger partial charge in [-0.3, -0.25) is 4.98 Å². The highest BCUT2D eigenvalue weighted by molar-refractivity contribution is 7.16. The van der Waals surface area contributed by atoms with Crippen LogP contribution in [0.2, 0.25) is 0 Å². The molecule has 1 aromatic carbocycles. The van der Waals surface area contributed by atoms with Crippen molar-refractivity contribution in [3.05, 3.63) is 34.2 Å². The maximum absolute atomic E-state index is 12.0. The van der Waals surface area contributed by atoms with Crippen LogP contribution in [0.15, 0.2) is 28.5 Å². The van der Waals surface area contributed by atoms with Crippen molar-refractivity contribution in [3.8, 4) is 6.01 Å². The van der Waals surface area contributed by atoms with Crippen molar-refractivity contribution >= 4 is 33.2 Å². The van der Waals surface area contributed by atoms with Gasteiger partial charge in [-0.05, 0) is 60.6 Å². The van der Waals surface area contributed by atoms with Gasteiger partial charge in [-0.1, -0.05) is 13.8 Å². The first kappa shape index (κ1) is 17.6. The predicted molar refractivity (Wildman–Crippen MR) is 109 cm³/mol. The smallest absolute Gasteiger partial charge is 0.352 e. The lowest BCUT2D eigenvalue weighted by atomic mass is 9.46. The van der Waals surface area contributed by atoms with E-state index in [1.165, 1.54) is 19.3 Å². The highest BCUT2D eigenvalue weighted by Gasteiger charge is 2.54. The van der Waals surface area contributed by atoms with Crippen LogP contribution in [0.3, 0.4) is 0 Å². The zero-order valence-electron chi connectivity index (χ0n) is 15.9. The molecule has 6 rings (SSSR count). The molecule has 0 aliphatic heterocycles. The number of anilines is 2. The second-order valence-electron chi connectivity index (χ2n) is 8.45. The zero-order chi connectivity index (χ0) is 19.3. The predicted octanol–water partition coefficient (Wildman–Crippen LogP) is 3.97. The fourth-order valence-electron chi connectivity index (χ4n) is 4.90. The number of fused-ring (bicyclic) bond motifs is 3. The molecule has 28 heavy (non-hydrogen) atoms. The standard InChI is InChI=1S/C20H23N5O2S/c1-20(2)12-4-3-11(14(20)7-12)9-27-19-24-17(23-18(26)25-19)22-13-5-6-15-16(8-13)28-10-21-15/h5-6,8,10-12,14H,3-4,7,9H2,1-2H3,(H2,22,23,24,25,26)/t11?,12-,14-/m1/s1. The molecule has 0 saturated heterocycles. The van der Waals surface area contributed by atoms with Gasteiger partial charge in [-0.2, -0.15) is 4.98 Å². The molecule has 146 valence electrons. The number of thiazole rings is 1. The van der Waals surface area contributed by atoms with E-state index < -0.39 is 5.69 Å². The average Bonchev–Trinajstić information content (AvgIpc) is 3.14. The van der Waals surface area contributed by atoms with E-state index in [0.717, 1.165) is 21.8 Å². The summed E-state index contributed by atoms with van der Waals surface area (Å²) in [7, 11) is 0. The molecule has 3 aliphatic rings. The summed E-state index contributed by atoms with van der Waals surface area (Å²) in [5.74, 6) is 2.38. The molecule has 2 aromatic heterocycles. The fraction of sp³-hybridized carbons (Fsp3) is 0.500. The number of H-pyrrole nitrogens is 1. The van der Waals surface area contributed by atoms with Gasteiger partial charge >= 0.3 is 11.7 Å². The Balaban J connectivity index is 1.29. The first-order chi connectivity index (χ1) is 13.5. The molecule has 3 fully saturated rings. The van der Waals surface area contributed by atoms with Crippen molar-refractivity contribution in [1.82, 2.24) is 19.9 Å². The number of hydrogen-bond acceptors (Lipinski definition) is 7. The van der Waals surface area contributed by atoms with Crippen LogP contribution in [-0.2, 0) is 0 Å². The molecule has 2 N–H and O–H groups in total. The SMILES string of the molecule is CC1(C)[C@@H]2CCC(COc3nc(Nc4ccc5ncsc5c4)[nH]c(=O)n3)[C@H]1C2. The van der Waals surface area contributed by atoms with Gasteiger partial charge in [0.25, 0.3) is 0 Å². The second kappa shape index (κ2) is 6.55. The molecular formula is C20H23N5O2S. The van der Waals surface area contributed by atoms with E-state index in [-0.39, 0.29) is 6.01 Å². The zero-order valence-corrected chi connectivity index (χ0v) is 16.8. The van der Waals surface area contributed by atoms with Crippen LogP contribution in [0.4, 0.5) is 11.6 Å². The summed E-state index contributed by atoms with van der Waals surface area (Å²) in [6, 6.07) is 5.94. The summed E-state index contributed by atoms with van der Waals surface area (Å²) in [6.45, 7) is 5.30. The molecule has 3 saturated carbocycles. The number of rotatable bonds is 5. The van der Waals surface area contributed by atoms with Crippen LogP contribution < -0.4 is 15.7 Å². The third-order valence-corrected chi connectivity index (χ3v) is 7.44. The molecule has 3 aliphatic carbocycles. The van der Waals surface area contributed by atoms with E-state index in [9.17, 15) is 4.79 Å². The van der Waals surface area contributed by atoms with Gasteiger partial charge < -0.3 is 10.1 Å². The summed E-state index contributed by atoms with van der Waals surface area (Å²) in [5.41, 5.74) is 3.52. The quantitative estimate of drug-likeness (QED) is 0.677. The van der Waals surface area contributed by atoms with Crippen molar-refractivity contribution in [3.63, 3.8) is 0 Å². The third-order valence-electron chi connectivity index (χ3n) is 6.65. The molecule has 2 bridgehead atoms. The van der Waals surface area contributed by atoms with Gasteiger partial charge in [-0.25, -0.2) is 9.78 Å². The van der Waals surface area contributed by atoms with E-state index in [1.807, 2.05) is 23.7 Å². The van der Waals surface area contributed by atoms with Gasteiger partial charge in [0.2, 0.25) is 5.95 Å². The number of aromatic nitrogens is 4. The number of nitrogens with zero attached hydrogens (tertiary/aromatic N) is 3. The highest BCUT2D eigenvalue weighted by Crippen LogP contribution is 2.61. The van der Waals surface area contributed by atoms with Gasteiger partial charge in [0.05, 0.1) is 22.3 Å². The number of benzene rings is 1. The lowest BCUT2D eigenvalue weighted by Crippen LogP contribution is -2.53. The van der Waals surface area contributed by atoms with E-state index >= 15 is 0 Å². The molecular weight excluding hydrogens is 374 g/mol. The highest BCUT2D eigenvalue weighted by atomic mass is 32.1. The topological polar surface area (TPSA) is 92.8 Å². The summed E-state index contributed by atoms with van der Waals surface area (Å²) in [6.07, 6.45) is 3.74. The maximum atomic E-state index is 12.0. The van der Waals surface area contributed by atoms with Crippen molar-refractivity contribution in [2.45, 2.75) is 33.1 Å². The van der Waals surface area contributed by atoms with Gasteiger partial charge in [0.15, 0.2) is 0 Å². The van der Waals surface area contributed by atoms with Gasteiger partial charge in [0.1, 0.15) is 0 Å². The molecule has 7 nitrogen and oxygen atoms in total. The summed E-state index contributed by atoms with van der Waals surface area (Å²) < 4.78 is 6.93. The van der Waals surface area contributed by atoms with Gasteiger partial charge in [0, 0.05) is 5.69 Å². The monoisotopic (exact) mass is 397 g/mol. The Morgan fingerprint density at radius 2 is 2.21 bits per heavy atom. The van der Waals surface area contributed by atoms with Gasteiger partial charge in [-0.15, -0.1) is 16.3 Å².